The first-order chi connectivity index (χ1) is 13.6. The van der Waals surface area contributed by atoms with Crippen LogP contribution >= 0.6 is 0 Å². The van der Waals surface area contributed by atoms with Crippen LogP contribution in [0.4, 0.5) is 5.95 Å². The Hall–Kier alpha value is -1.93. The molecule has 8 heteroatoms. The maximum Gasteiger partial charge on any atom is 0.255 e. The van der Waals surface area contributed by atoms with Gasteiger partial charge >= 0.3 is 0 Å². The number of nitrogens with one attached hydrogen (secondary N) is 1. The number of carbonyl (C=O) groups is 1. The number of amides is 1. The molecule has 0 saturated carbocycles. The van der Waals surface area contributed by atoms with Crippen LogP contribution in [0, 0.1) is 0 Å². The molecule has 28 heavy (non-hydrogen) atoms. The lowest BCUT2D eigenvalue weighted by Crippen LogP contribution is -2.45. The van der Waals surface area contributed by atoms with Crippen molar-refractivity contribution in [3.05, 3.63) is 21.6 Å². The normalized spacial score (nSPS) is 21.2. The van der Waals surface area contributed by atoms with Crippen molar-refractivity contribution in [2.75, 3.05) is 57.5 Å². The summed E-state index contributed by atoms with van der Waals surface area (Å²) in [5, 5.41) is 0. The number of likely N-dealkylation sites (tertiary alicyclic amines) is 1. The predicted molar refractivity (Wildman–Crippen MR) is 105 cm³/mol. The Morgan fingerprint density at radius 1 is 1.21 bits per heavy atom. The van der Waals surface area contributed by atoms with Gasteiger partial charge in [-0.1, -0.05) is 0 Å². The molecule has 8 nitrogen and oxygen atoms in total. The second kappa shape index (κ2) is 8.21. The van der Waals surface area contributed by atoms with Crippen LogP contribution in [0.15, 0.2) is 4.79 Å². The Kier molecular flexibility index (Phi) is 5.68. The topological polar surface area (TPSA) is 87.8 Å². The number of ether oxygens (including phenoxy) is 2. The fourth-order valence-electron chi connectivity index (χ4n) is 4.70. The van der Waals surface area contributed by atoms with Crippen LogP contribution in [0.25, 0.3) is 0 Å². The minimum absolute atomic E-state index is 0.00131. The van der Waals surface area contributed by atoms with E-state index in [1.54, 1.807) is 0 Å². The smallest absolute Gasteiger partial charge is 0.255 e. The van der Waals surface area contributed by atoms with Crippen molar-refractivity contribution < 1.29 is 14.3 Å². The summed E-state index contributed by atoms with van der Waals surface area (Å²) in [6.45, 7) is 7.33. The standard InChI is InChI=1S/C20H30N4O4/c1-2-27-12-4-16(25)23-8-6-20(7-9-23)5-3-15-17(20)21-19(22-18(15)26)24-10-13-28-14-11-24/h2-14H2,1H3,(H,21,22,26). The fraction of sp³-hybridized carbons (Fsp3) is 0.750. The second-order valence-corrected chi connectivity index (χ2v) is 7.92. The molecule has 4 rings (SSSR count). The molecule has 0 aromatic carbocycles. The van der Waals surface area contributed by atoms with Crippen molar-refractivity contribution >= 4 is 11.9 Å². The number of aromatic amines is 1. The van der Waals surface area contributed by atoms with Crippen LogP contribution in [-0.2, 0) is 26.1 Å². The maximum absolute atomic E-state index is 12.7. The van der Waals surface area contributed by atoms with E-state index in [9.17, 15) is 9.59 Å². The molecule has 2 saturated heterocycles. The van der Waals surface area contributed by atoms with Crippen LogP contribution in [0.5, 0.6) is 0 Å². The summed E-state index contributed by atoms with van der Waals surface area (Å²) in [6, 6.07) is 0. The summed E-state index contributed by atoms with van der Waals surface area (Å²) in [7, 11) is 0. The van der Waals surface area contributed by atoms with Gasteiger partial charge in [-0.15, -0.1) is 0 Å². The van der Waals surface area contributed by atoms with Crippen molar-refractivity contribution in [1.82, 2.24) is 14.9 Å². The van der Waals surface area contributed by atoms with E-state index in [-0.39, 0.29) is 16.9 Å². The Balaban J connectivity index is 1.49. The fourth-order valence-corrected chi connectivity index (χ4v) is 4.70. The summed E-state index contributed by atoms with van der Waals surface area (Å²) in [5.74, 6) is 0.831. The zero-order valence-electron chi connectivity index (χ0n) is 16.7. The summed E-state index contributed by atoms with van der Waals surface area (Å²) in [4.78, 5) is 37.0. The molecule has 3 heterocycles. The molecule has 0 unspecified atom stereocenters. The maximum atomic E-state index is 12.7. The van der Waals surface area contributed by atoms with E-state index in [1.165, 1.54) is 0 Å². The lowest BCUT2D eigenvalue weighted by atomic mass is 9.76. The third-order valence-electron chi connectivity index (χ3n) is 6.41. The quantitative estimate of drug-likeness (QED) is 0.750. The molecule has 3 aliphatic rings. The van der Waals surface area contributed by atoms with E-state index in [0.717, 1.165) is 63.1 Å². The number of nitrogens with zero attached hydrogens (tertiary/aromatic N) is 3. The first-order valence-corrected chi connectivity index (χ1v) is 10.4. The largest absolute Gasteiger partial charge is 0.381 e. The number of morpholine rings is 1. The van der Waals surface area contributed by atoms with Gasteiger partial charge in [0.25, 0.3) is 5.56 Å². The summed E-state index contributed by atoms with van der Waals surface area (Å²) in [6.07, 6.45) is 3.92. The van der Waals surface area contributed by atoms with Gasteiger partial charge in [-0.25, -0.2) is 4.98 Å². The zero-order chi connectivity index (χ0) is 19.6. The minimum atomic E-state index is -0.0681. The number of hydrogen-bond donors (Lipinski definition) is 1. The van der Waals surface area contributed by atoms with Gasteiger partial charge in [0.1, 0.15) is 0 Å². The molecular formula is C20H30N4O4. The zero-order valence-corrected chi connectivity index (χ0v) is 16.7. The Morgan fingerprint density at radius 2 is 1.96 bits per heavy atom. The Morgan fingerprint density at radius 3 is 2.68 bits per heavy atom. The molecule has 1 N–H and O–H groups in total. The second-order valence-electron chi connectivity index (χ2n) is 7.92. The van der Waals surface area contributed by atoms with E-state index in [1.807, 2.05) is 11.8 Å². The molecule has 2 aliphatic heterocycles. The molecule has 1 spiro atoms. The molecule has 1 aliphatic carbocycles. The molecule has 0 atom stereocenters. The summed E-state index contributed by atoms with van der Waals surface area (Å²) in [5.41, 5.74) is 1.74. The minimum Gasteiger partial charge on any atom is -0.381 e. The van der Waals surface area contributed by atoms with Crippen molar-refractivity contribution in [2.45, 2.75) is 44.4 Å². The number of hydrogen-bond acceptors (Lipinski definition) is 6. The number of aromatic nitrogens is 2. The van der Waals surface area contributed by atoms with Gasteiger partial charge in [-0.05, 0) is 32.6 Å². The van der Waals surface area contributed by atoms with Crippen LogP contribution in [-0.4, -0.2) is 73.4 Å². The lowest BCUT2D eigenvalue weighted by molar-refractivity contribution is -0.134. The average molecular weight is 390 g/mol. The number of carbonyl (C=O) groups excluding carboxylic acids is 1. The van der Waals surface area contributed by atoms with Crippen LogP contribution in [0.2, 0.25) is 0 Å². The van der Waals surface area contributed by atoms with Gasteiger partial charge < -0.3 is 19.3 Å². The van der Waals surface area contributed by atoms with Gasteiger partial charge in [0, 0.05) is 43.8 Å². The molecule has 154 valence electrons. The highest BCUT2D eigenvalue weighted by molar-refractivity contribution is 5.76. The van der Waals surface area contributed by atoms with Crippen LogP contribution in [0.1, 0.15) is 43.9 Å². The number of H-pyrrole nitrogens is 1. The highest BCUT2D eigenvalue weighted by Gasteiger charge is 2.44. The molecule has 1 aromatic rings. The van der Waals surface area contributed by atoms with E-state index in [0.29, 0.717) is 38.8 Å². The number of fused-ring (bicyclic) bond motifs is 2. The number of rotatable bonds is 5. The number of piperidine rings is 1. The van der Waals surface area contributed by atoms with Gasteiger partial charge in [-0.2, -0.15) is 0 Å². The molecule has 1 amide bonds. The third kappa shape index (κ3) is 3.67. The molecule has 0 bridgehead atoms. The summed E-state index contributed by atoms with van der Waals surface area (Å²) >= 11 is 0. The van der Waals surface area contributed by atoms with Gasteiger partial charge in [-0.3, -0.25) is 14.6 Å². The third-order valence-corrected chi connectivity index (χ3v) is 6.41. The van der Waals surface area contributed by atoms with Gasteiger partial charge in [0.15, 0.2) is 0 Å². The number of anilines is 1. The average Bonchev–Trinajstić information content (AvgIpc) is 3.08. The van der Waals surface area contributed by atoms with E-state index in [2.05, 4.69) is 9.88 Å². The van der Waals surface area contributed by atoms with Crippen molar-refractivity contribution in [2.24, 2.45) is 0 Å². The van der Waals surface area contributed by atoms with Crippen molar-refractivity contribution in [1.29, 1.82) is 0 Å². The molecule has 2 fully saturated rings. The molecule has 0 radical (unpaired) electrons. The van der Waals surface area contributed by atoms with E-state index in [4.69, 9.17) is 14.5 Å². The lowest BCUT2D eigenvalue weighted by Gasteiger charge is -2.39. The monoisotopic (exact) mass is 390 g/mol. The SMILES string of the molecule is CCOCCC(=O)N1CCC2(CCc3c2nc(N2CCOCC2)[nH]c3=O)CC1. The van der Waals surface area contributed by atoms with Crippen molar-refractivity contribution in [3.63, 3.8) is 0 Å². The first-order valence-electron chi connectivity index (χ1n) is 10.4. The predicted octanol–water partition coefficient (Wildman–Crippen LogP) is 0.840. The summed E-state index contributed by atoms with van der Waals surface area (Å²) < 4.78 is 10.7. The highest BCUT2D eigenvalue weighted by Crippen LogP contribution is 2.44. The highest BCUT2D eigenvalue weighted by atomic mass is 16.5. The van der Waals surface area contributed by atoms with Crippen LogP contribution in [0.3, 0.4) is 0 Å². The van der Waals surface area contributed by atoms with Crippen molar-refractivity contribution in [3.8, 4) is 0 Å². The first kappa shape index (κ1) is 19.4. The van der Waals surface area contributed by atoms with E-state index >= 15 is 0 Å². The molecule has 1 aromatic heterocycles. The van der Waals surface area contributed by atoms with E-state index < -0.39 is 0 Å². The Labute approximate surface area is 165 Å². The van der Waals surface area contributed by atoms with Crippen LogP contribution < -0.4 is 10.5 Å². The van der Waals surface area contributed by atoms with Gasteiger partial charge in [0.05, 0.1) is 31.9 Å². The Bertz CT molecular complexity index is 764. The van der Waals surface area contributed by atoms with Gasteiger partial charge in [0.2, 0.25) is 11.9 Å². The molecular weight excluding hydrogens is 360 g/mol.